The minimum Gasteiger partial charge on any atom is -0.481 e. The topological polar surface area (TPSA) is 101 Å². The van der Waals surface area contributed by atoms with E-state index in [1.54, 1.807) is 19.9 Å². The van der Waals surface area contributed by atoms with E-state index in [1.807, 2.05) is 0 Å². The summed E-state index contributed by atoms with van der Waals surface area (Å²) in [6.45, 7) is 3.39. The number of aliphatic carboxylic acids is 1. The van der Waals surface area contributed by atoms with Gasteiger partial charge in [-0.3, -0.25) is 4.79 Å². The third-order valence-corrected chi connectivity index (χ3v) is 2.86. The number of carboxylic acid groups (broad SMARTS) is 2. The quantitative estimate of drug-likeness (QED) is 0.728. The molecule has 92 valence electrons. The maximum absolute atomic E-state index is 11.0. The first kappa shape index (κ1) is 13.2. The minimum atomic E-state index is -1.06. The van der Waals surface area contributed by atoms with Crippen LogP contribution in [0.5, 0.6) is 0 Å². The van der Waals surface area contributed by atoms with E-state index in [0.29, 0.717) is 11.1 Å². The summed E-state index contributed by atoms with van der Waals surface area (Å²) in [5, 5.41) is 18.0. The van der Waals surface area contributed by atoms with Crippen LogP contribution in [-0.2, 0) is 4.79 Å². The Kier molecular flexibility index (Phi) is 3.85. The van der Waals surface area contributed by atoms with E-state index in [-0.39, 0.29) is 12.1 Å². The summed E-state index contributed by atoms with van der Waals surface area (Å²) < 4.78 is 0. The zero-order valence-electron chi connectivity index (χ0n) is 9.73. The first-order valence-electron chi connectivity index (χ1n) is 5.15. The van der Waals surface area contributed by atoms with Crippen LogP contribution < -0.4 is 5.73 Å². The maximum atomic E-state index is 11.0. The van der Waals surface area contributed by atoms with Gasteiger partial charge in [0.05, 0.1) is 11.5 Å². The summed E-state index contributed by atoms with van der Waals surface area (Å²) in [7, 11) is 0. The van der Waals surface area contributed by atoms with Crippen LogP contribution in [0.3, 0.4) is 0 Å². The standard InChI is InChI=1S/C12H15NO4/c1-6-3-8(10(5-13)12(16)17)4-9(7(6)2)11(14)15/h3-4,10H,5,13H2,1-2H3,(H,14,15)(H,16,17). The van der Waals surface area contributed by atoms with Crippen molar-refractivity contribution < 1.29 is 19.8 Å². The van der Waals surface area contributed by atoms with E-state index in [1.165, 1.54) is 6.07 Å². The number of aryl methyl sites for hydroxylation is 1. The average molecular weight is 237 g/mol. The van der Waals surface area contributed by atoms with Crippen LogP contribution in [0.1, 0.15) is 33.0 Å². The zero-order valence-corrected chi connectivity index (χ0v) is 9.73. The number of hydrogen-bond acceptors (Lipinski definition) is 3. The molecule has 0 amide bonds. The number of rotatable bonds is 4. The van der Waals surface area contributed by atoms with Gasteiger partial charge in [0.25, 0.3) is 0 Å². The number of carboxylic acids is 2. The molecule has 4 N–H and O–H groups in total. The van der Waals surface area contributed by atoms with Gasteiger partial charge in [-0.2, -0.15) is 0 Å². The Bertz CT molecular complexity index is 468. The van der Waals surface area contributed by atoms with E-state index in [0.717, 1.165) is 5.56 Å². The predicted octanol–water partition coefficient (Wildman–Crippen LogP) is 1.13. The summed E-state index contributed by atoms with van der Waals surface area (Å²) in [4.78, 5) is 22.0. The fourth-order valence-electron chi connectivity index (χ4n) is 1.69. The van der Waals surface area contributed by atoms with Crippen molar-refractivity contribution in [2.75, 3.05) is 6.54 Å². The number of aromatic carboxylic acids is 1. The number of nitrogens with two attached hydrogens (primary N) is 1. The predicted molar refractivity (Wildman–Crippen MR) is 62.3 cm³/mol. The van der Waals surface area contributed by atoms with Crippen molar-refractivity contribution in [3.05, 3.63) is 34.4 Å². The molecule has 5 heteroatoms. The Hall–Kier alpha value is -1.88. The summed E-state index contributed by atoms with van der Waals surface area (Å²) in [5.74, 6) is -2.98. The van der Waals surface area contributed by atoms with E-state index >= 15 is 0 Å². The van der Waals surface area contributed by atoms with Crippen molar-refractivity contribution in [2.24, 2.45) is 5.73 Å². The van der Waals surface area contributed by atoms with E-state index in [4.69, 9.17) is 15.9 Å². The second-order valence-corrected chi connectivity index (χ2v) is 3.94. The zero-order chi connectivity index (χ0) is 13.2. The molecule has 0 heterocycles. The first-order valence-corrected chi connectivity index (χ1v) is 5.15. The number of benzene rings is 1. The molecule has 17 heavy (non-hydrogen) atoms. The van der Waals surface area contributed by atoms with Crippen LogP contribution in [0.2, 0.25) is 0 Å². The molecule has 0 spiro atoms. The molecule has 1 unspecified atom stereocenters. The van der Waals surface area contributed by atoms with Gasteiger partial charge >= 0.3 is 11.9 Å². The lowest BCUT2D eigenvalue weighted by molar-refractivity contribution is -0.138. The second-order valence-electron chi connectivity index (χ2n) is 3.94. The van der Waals surface area contributed by atoms with Crippen molar-refractivity contribution in [3.8, 4) is 0 Å². The lowest BCUT2D eigenvalue weighted by atomic mass is 9.92. The molecule has 0 aliphatic rings. The molecule has 1 aromatic rings. The first-order chi connectivity index (χ1) is 7.88. The smallest absolute Gasteiger partial charge is 0.335 e. The number of carbonyl (C=O) groups is 2. The van der Waals surface area contributed by atoms with Crippen molar-refractivity contribution >= 4 is 11.9 Å². The molecular formula is C12H15NO4. The lowest BCUT2D eigenvalue weighted by Crippen LogP contribution is -2.22. The van der Waals surface area contributed by atoms with Gasteiger partial charge in [-0.05, 0) is 36.6 Å². The summed E-state index contributed by atoms with van der Waals surface area (Å²) in [6, 6.07) is 3.06. The molecule has 1 atom stereocenters. The summed E-state index contributed by atoms with van der Waals surface area (Å²) in [5.41, 5.74) is 7.34. The van der Waals surface area contributed by atoms with E-state index in [9.17, 15) is 9.59 Å². The van der Waals surface area contributed by atoms with Crippen LogP contribution in [0.4, 0.5) is 0 Å². The fraction of sp³-hybridized carbons (Fsp3) is 0.333. The molecular weight excluding hydrogens is 222 g/mol. The van der Waals surface area contributed by atoms with E-state index < -0.39 is 17.9 Å². The SMILES string of the molecule is Cc1cc(C(CN)C(=O)O)cc(C(=O)O)c1C. The van der Waals surface area contributed by atoms with Crippen molar-refractivity contribution in [1.29, 1.82) is 0 Å². The van der Waals surface area contributed by atoms with Gasteiger partial charge in [-0.1, -0.05) is 6.07 Å². The largest absolute Gasteiger partial charge is 0.481 e. The van der Waals surface area contributed by atoms with Gasteiger partial charge in [0, 0.05) is 6.54 Å². The molecule has 5 nitrogen and oxygen atoms in total. The molecule has 0 bridgehead atoms. The van der Waals surface area contributed by atoms with Crippen LogP contribution >= 0.6 is 0 Å². The summed E-state index contributed by atoms with van der Waals surface area (Å²) >= 11 is 0. The van der Waals surface area contributed by atoms with Gasteiger partial charge in [0.2, 0.25) is 0 Å². The van der Waals surface area contributed by atoms with Crippen molar-refractivity contribution in [3.63, 3.8) is 0 Å². The Morgan fingerprint density at radius 3 is 2.29 bits per heavy atom. The van der Waals surface area contributed by atoms with Gasteiger partial charge in [-0.15, -0.1) is 0 Å². The highest BCUT2D eigenvalue weighted by Crippen LogP contribution is 2.22. The van der Waals surface area contributed by atoms with Crippen LogP contribution in [-0.4, -0.2) is 28.7 Å². The lowest BCUT2D eigenvalue weighted by Gasteiger charge is -2.14. The molecule has 1 aromatic carbocycles. The molecule has 0 aliphatic carbocycles. The van der Waals surface area contributed by atoms with Crippen LogP contribution in [0.15, 0.2) is 12.1 Å². The van der Waals surface area contributed by atoms with Gasteiger partial charge in [-0.25, -0.2) is 4.79 Å². The molecule has 0 saturated heterocycles. The Labute approximate surface area is 98.9 Å². The highest BCUT2D eigenvalue weighted by Gasteiger charge is 2.21. The molecule has 1 rings (SSSR count). The second kappa shape index (κ2) is 4.97. The number of hydrogen-bond donors (Lipinski definition) is 3. The van der Waals surface area contributed by atoms with Crippen LogP contribution in [0, 0.1) is 13.8 Å². The third kappa shape index (κ3) is 2.62. The average Bonchev–Trinajstić information content (AvgIpc) is 2.22. The normalized spacial score (nSPS) is 12.2. The fourth-order valence-corrected chi connectivity index (χ4v) is 1.69. The third-order valence-electron chi connectivity index (χ3n) is 2.86. The van der Waals surface area contributed by atoms with Gasteiger partial charge in [0.15, 0.2) is 0 Å². The Balaban J connectivity index is 3.36. The van der Waals surface area contributed by atoms with Crippen molar-refractivity contribution in [1.82, 2.24) is 0 Å². The molecule has 0 fully saturated rings. The highest BCUT2D eigenvalue weighted by molar-refractivity contribution is 5.90. The Morgan fingerprint density at radius 1 is 1.29 bits per heavy atom. The Morgan fingerprint density at radius 2 is 1.88 bits per heavy atom. The van der Waals surface area contributed by atoms with Crippen molar-refractivity contribution in [2.45, 2.75) is 19.8 Å². The molecule has 0 aromatic heterocycles. The highest BCUT2D eigenvalue weighted by atomic mass is 16.4. The van der Waals surface area contributed by atoms with Gasteiger partial charge < -0.3 is 15.9 Å². The summed E-state index contributed by atoms with van der Waals surface area (Å²) in [6.07, 6.45) is 0. The molecule has 0 radical (unpaired) electrons. The monoisotopic (exact) mass is 237 g/mol. The minimum absolute atomic E-state index is 0.0586. The van der Waals surface area contributed by atoms with Crippen LogP contribution in [0.25, 0.3) is 0 Å². The molecule has 0 saturated carbocycles. The van der Waals surface area contributed by atoms with Gasteiger partial charge in [0.1, 0.15) is 0 Å². The van der Waals surface area contributed by atoms with E-state index in [2.05, 4.69) is 0 Å². The maximum Gasteiger partial charge on any atom is 0.335 e. The molecule has 0 aliphatic heterocycles.